The lowest BCUT2D eigenvalue weighted by atomic mass is 9.88. The van der Waals surface area contributed by atoms with Gasteiger partial charge in [0.25, 0.3) is 5.91 Å². The SMILES string of the molecule is O=C(C[C@]1(O)C(=O)Nc2ccc(Cl)cc21)c1ccc(Br)cc1. The molecule has 0 fully saturated rings. The summed E-state index contributed by atoms with van der Waals surface area (Å²) in [6, 6.07) is 11.5. The molecule has 1 atom stereocenters. The van der Waals surface area contributed by atoms with Gasteiger partial charge in [0, 0.05) is 26.3 Å². The number of ketones is 1. The molecular weight excluding hydrogens is 370 g/mol. The van der Waals surface area contributed by atoms with E-state index in [0.717, 1.165) is 4.47 Å². The van der Waals surface area contributed by atoms with Gasteiger partial charge in [0.05, 0.1) is 6.42 Å². The average molecular weight is 381 g/mol. The number of amides is 1. The monoisotopic (exact) mass is 379 g/mol. The van der Waals surface area contributed by atoms with Crippen LogP contribution in [-0.2, 0) is 10.4 Å². The topological polar surface area (TPSA) is 66.4 Å². The van der Waals surface area contributed by atoms with Crippen molar-refractivity contribution in [2.24, 2.45) is 0 Å². The highest BCUT2D eigenvalue weighted by Crippen LogP contribution is 2.40. The van der Waals surface area contributed by atoms with Gasteiger partial charge in [-0.3, -0.25) is 9.59 Å². The van der Waals surface area contributed by atoms with E-state index in [2.05, 4.69) is 21.2 Å². The Morgan fingerprint density at radius 2 is 1.91 bits per heavy atom. The lowest BCUT2D eigenvalue weighted by Gasteiger charge is -2.20. The number of nitrogens with one attached hydrogen (secondary N) is 1. The third kappa shape index (κ3) is 2.56. The molecule has 1 heterocycles. The quantitative estimate of drug-likeness (QED) is 0.801. The molecule has 1 aliphatic heterocycles. The van der Waals surface area contributed by atoms with E-state index in [9.17, 15) is 14.7 Å². The molecule has 6 heteroatoms. The van der Waals surface area contributed by atoms with Gasteiger partial charge in [0.15, 0.2) is 11.4 Å². The maximum Gasteiger partial charge on any atom is 0.261 e. The van der Waals surface area contributed by atoms with E-state index in [1.54, 1.807) is 36.4 Å². The number of hydrogen-bond acceptors (Lipinski definition) is 3. The zero-order chi connectivity index (χ0) is 15.9. The highest BCUT2D eigenvalue weighted by atomic mass is 79.9. The number of hydrogen-bond donors (Lipinski definition) is 2. The van der Waals surface area contributed by atoms with Crippen molar-refractivity contribution in [2.45, 2.75) is 12.0 Å². The summed E-state index contributed by atoms with van der Waals surface area (Å²) in [4.78, 5) is 24.5. The number of carbonyl (C=O) groups is 2. The highest BCUT2D eigenvalue weighted by molar-refractivity contribution is 9.10. The lowest BCUT2D eigenvalue weighted by molar-refractivity contribution is -0.133. The average Bonchev–Trinajstić information content (AvgIpc) is 2.71. The Morgan fingerprint density at radius 3 is 2.59 bits per heavy atom. The number of halogens is 2. The Labute approximate surface area is 140 Å². The predicted octanol–water partition coefficient (Wildman–Crippen LogP) is 3.52. The Kier molecular flexibility index (Phi) is 3.80. The van der Waals surface area contributed by atoms with Crippen LogP contribution in [-0.4, -0.2) is 16.8 Å². The van der Waals surface area contributed by atoms with Crippen LogP contribution in [0.1, 0.15) is 22.3 Å². The number of anilines is 1. The molecule has 112 valence electrons. The first-order valence-corrected chi connectivity index (χ1v) is 7.70. The number of Topliss-reactive ketones (excluding diaryl/α,β-unsaturated/α-hetero) is 1. The molecule has 2 N–H and O–H groups in total. The van der Waals surface area contributed by atoms with E-state index < -0.39 is 11.5 Å². The summed E-state index contributed by atoms with van der Waals surface area (Å²) < 4.78 is 0.846. The van der Waals surface area contributed by atoms with Crippen molar-refractivity contribution in [1.29, 1.82) is 0 Å². The minimum Gasteiger partial charge on any atom is -0.375 e. The van der Waals surface area contributed by atoms with E-state index >= 15 is 0 Å². The molecule has 4 nitrogen and oxygen atoms in total. The molecule has 0 radical (unpaired) electrons. The number of aliphatic hydroxyl groups is 1. The van der Waals surface area contributed by atoms with Crippen LogP contribution in [0.4, 0.5) is 5.69 Å². The van der Waals surface area contributed by atoms with Crippen LogP contribution >= 0.6 is 27.5 Å². The van der Waals surface area contributed by atoms with Crippen molar-refractivity contribution in [3.8, 4) is 0 Å². The third-order valence-corrected chi connectivity index (χ3v) is 4.40. The van der Waals surface area contributed by atoms with Crippen LogP contribution in [0.2, 0.25) is 5.02 Å². The summed E-state index contributed by atoms with van der Waals surface area (Å²) in [5.41, 5.74) is -0.666. The second kappa shape index (κ2) is 5.50. The largest absolute Gasteiger partial charge is 0.375 e. The number of fused-ring (bicyclic) bond motifs is 1. The molecular formula is C16H11BrClNO3. The molecule has 2 aromatic rings. The lowest BCUT2D eigenvalue weighted by Crippen LogP contribution is -2.36. The normalized spacial score (nSPS) is 19.7. The van der Waals surface area contributed by atoms with Gasteiger partial charge in [-0.15, -0.1) is 0 Å². The van der Waals surface area contributed by atoms with Crippen molar-refractivity contribution >= 4 is 44.9 Å². The van der Waals surface area contributed by atoms with Crippen LogP contribution in [0.15, 0.2) is 46.9 Å². The van der Waals surface area contributed by atoms with Gasteiger partial charge in [-0.1, -0.05) is 39.7 Å². The van der Waals surface area contributed by atoms with Crippen LogP contribution in [0.5, 0.6) is 0 Å². The summed E-state index contributed by atoms with van der Waals surface area (Å²) in [5, 5.41) is 13.7. The number of benzene rings is 2. The van der Waals surface area contributed by atoms with E-state index in [1.165, 1.54) is 6.07 Å². The molecule has 1 amide bonds. The minimum absolute atomic E-state index is 0.321. The molecule has 2 aromatic carbocycles. The van der Waals surface area contributed by atoms with Crippen molar-refractivity contribution in [3.63, 3.8) is 0 Å². The van der Waals surface area contributed by atoms with Crippen LogP contribution in [0.3, 0.4) is 0 Å². The zero-order valence-electron chi connectivity index (χ0n) is 11.3. The molecule has 3 rings (SSSR count). The fourth-order valence-corrected chi connectivity index (χ4v) is 2.90. The van der Waals surface area contributed by atoms with Gasteiger partial charge in [-0.2, -0.15) is 0 Å². The summed E-state index contributed by atoms with van der Waals surface area (Å²) in [6.07, 6.45) is -0.339. The summed E-state index contributed by atoms with van der Waals surface area (Å²) in [6.45, 7) is 0. The smallest absolute Gasteiger partial charge is 0.261 e. The summed E-state index contributed by atoms with van der Waals surface area (Å²) in [7, 11) is 0. The van der Waals surface area contributed by atoms with Crippen molar-refractivity contribution in [2.75, 3.05) is 5.32 Å². The molecule has 0 bridgehead atoms. The Hall–Kier alpha value is -1.69. The van der Waals surface area contributed by atoms with Gasteiger partial charge in [-0.05, 0) is 30.3 Å². The van der Waals surface area contributed by atoms with Gasteiger partial charge in [0.2, 0.25) is 0 Å². The first-order chi connectivity index (χ1) is 10.4. The number of rotatable bonds is 3. The first-order valence-electron chi connectivity index (χ1n) is 6.53. The second-order valence-corrected chi connectivity index (χ2v) is 6.46. The van der Waals surface area contributed by atoms with Gasteiger partial charge in [-0.25, -0.2) is 0 Å². The van der Waals surface area contributed by atoms with Crippen LogP contribution in [0, 0.1) is 0 Å². The molecule has 1 aliphatic rings. The molecule has 0 aliphatic carbocycles. The highest BCUT2D eigenvalue weighted by Gasteiger charge is 2.46. The standard InChI is InChI=1S/C16H11BrClNO3/c17-10-3-1-9(2-4-10)14(20)8-16(22)12-7-11(18)5-6-13(12)19-15(16)21/h1-7,22H,8H2,(H,19,21)/t16-/m1/s1. The summed E-state index contributed by atoms with van der Waals surface area (Å²) in [5.74, 6) is -0.937. The number of carbonyl (C=O) groups excluding carboxylic acids is 2. The Morgan fingerprint density at radius 1 is 1.23 bits per heavy atom. The predicted molar refractivity (Wildman–Crippen MR) is 87.1 cm³/mol. The van der Waals surface area contributed by atoms with Gasteiger partial charge >= 0.3 is 0 Å². The molecule has 0 unspecified atom stereocenters. The second-order valence-electron chi connectivity index (χ2n) is 5.11. The van der Waals surface area contributed by atoms with Crippen molar-refractivity contribution < 1.29 is 14.7 Å². The fourth-order valence-electron chi connectivity index (χ4n) is 2.46. The van der Waals surface area contributed by atoms with Crippen LogP contribution in [0.25, 0.3) is 0 Å². The maximum atomic E-state index is 12.4. The molecule has 0 saturated carbocycles. The Balaban J connectivity index is 1.94. The molecule has 0 saturated heterocycles. The first kappa shape index (κ1) is 15.2. The van der Waals surface area contributed by atoms with E-state index in [4.69, 9.17) is 11.6 Å². The molecule has 22 heavy (non-hydrogen) atoms. The van der Waals surface area contributed by atoms with Crippen molar-refractivity contribution in [1.82, 2.24) is 0 Å². The maximum absolute atomic E-state index is 12.4. The molecule has 0 aromatic heterocycles. The van der Waals surface area contributed by atoms with Crippen molar-refractivity contribution in [3.05, 3.63) is 63.1 Å². The van der Waals surface area contributed by atoms with E-state index in [1.807, 2.05) is 0 Å². The minimum atomic E-state index is -1.90. The van der Waals surface area contributed by atoms with Gasteiger partial charge < -0.3 is 10.4 Å². The zero-order valence-corrected chi connectivity index (χ0v) is 13.6. The Bertz CT molecular complexity index is 775. The summed E-state index contributed by atoms with van der Waals surface area (Å²) >= 11 is 9.22. The third-order valence-electron chi connectivity index (χ3n) is 3.63. The molecule has 0 spiro atoms. The van der Waals surface area contributed by atoms with Gasteiger partial charge in [0.1, 0.15) is 0 Å². The fraction of sp³-hybridized carbons (Fsp3) is 0.125. The van der Waals surface area contributed by atoms with E-state index in [-0.39, 0.29) is 12.2 Å². The van der Waals surface area contributed by atoms with E-state index in [0.29, 0.717) is 21.8 Å². The van der Waals surface area contributed by atoms with Crippen LogP contribution < -0.4 is 5.32 Å².